The van der Waals surface area contributed by atoms with Crippen LogP contribution in [-0.4, -0.2) is 6.04 Å². The molecule has 1 aliphatic carbocycles. The van der Waals surface area contributed by atoms with Gasteiger partial charge in [-0.1, -0.05) is 30.9 Å². The van der Waals surface area contributed by atoms with Gasteiger partial charge in [0.2, 0.25) is 0 Å². The van der Waals surface area contributed by atoms with Gasteiger partial charge < -0.3 is 0 Å². The fraction of sp³-hybridized carbons (Fsp3) is 0.455. The van der Waals surface area contributed by atoms with E-state index in [0.29, 0.717) is 6.04 Å². The highest BCUT2D eigenvalue weighted by Crippen LogP contribution is 2.35. The van der Waals surface area contributed by atoms with Crippen molar-refractivity contribution in [2.45, 2.75) is 25.8 Å². The van der Waals surface area contributed by atoms with Crippen molar-refractivity contribution < 1.29 is 0 Å². The van der Waals surface area contributed by atoms with Crippen LogP contribution < -0.4 is 11.3 Å². The Labute approximate surface area is 80.2 Å². The van der Waals surface area contributed by atoms with Crippen molar-refractivity contribution in [2.75, 3.05) is 0 Å². The molecular formula is C11H18N2. The van der Waals surface area contributed by atoms with Gasteiger partial charge in [0.05, 0.1) is 0 Å². The summed E-state index contributed by atoms with van der Waals surface area (Å²) in [5.41, 5.74) is 4.12. The maximum Gasteiger partial charge on any atom is 0.0484 e. The van der Waals surface area contributed by atoms with Crippen LogP contribution in [0.5, 0.6) is 0 Å². The zero-order chi connectivity index (χ0) is 9.68. The van der Waals surface area contributed by atoms with Gasteiger partial charge in [-0.2, -0.15) is 0 Å². The Bertz CT molecular complexity index is 224. The normalized spacial score (nSPS) is 20.6. The lowest BCUT2D eigenvalue weighted by molar-refractivity contribution is 0.542. The SMILES string of the molecule is C=C/C=C\C(=C/C)C(NN)C1CC1. The second kappa shape index (κ2) is 5.00. The zero-order valence-electron chi connectivity index (χ0n) is 8.16. The van der Waals surface area contributed by atoms with E-state index in [1.165, 1.54) is 18.4 Å². The molecule has 1 fully saturated rings. The number of allylic oxidation sites excluding steroid dienone is 3. The molecule has 1 saturated carbocycles. The molecule has 1 aliphatic rings. The maximum absolute atomic E-state index is 5.51. The highest BCUT2D eigenvalue weighted by molar-refractivity contribution is 5.28. The van der Waals surface area contributed by atoms with Gasteiger partial charge in [-0.15, -0.1) is 0 Å². The first-order chi connectivity index (χ1) is 6.33. The fourth-order valence-electron chi connectivity index (χ4n) is 1.49. The van der Waals surface area contributed by atoms with Gasteiger partial charge in [-0.25, -0.2) is 0 Å². The van der Waals surface area contributed by atoms with Crippen LogP contribution in [0.1, 0.15) is 19.8 Å². The molecule has 72 valence electrons. The van der Waals surface area contributed by atoms with Crippen molar-refractivity contribution in [3.8, 4) is 0 Å². The summed E-state index contributed by atoms with van der Waals surface area (Å²) in [6.07, 6.45) is 10.5. The largest absolute Gasteiger partial charge is 0.271 e. The van der Waals surface area contributed by atoms with E-state index in [0.717, 1.165) is 5.92 Å². The smallest absolute Gasteiger partial charge is 0.0484 e. The molecule has 2 nitrogen and oxygen atoms in total. The predicted molar refractivity (Wildman–Crippen MR) is 56.9 cm³/mol. The number of nitrogens with one attached hydrogen (secondary N) is 1. The quantitative estimate of drug-likeness (QED) is 0.383. The Morgan fingerprint density at radius 2 is 2.31 bits per heavy atom. The minimum atomic E-state index is 0.321. The Hall–Kier alpha value is -0.860. The summed E-state index contributed by atoms with van der Waals surface area (Å²) < 4.78 is 0. The summed E-state index contributed by atoms with van der Waals surface area (Å²) in [6, 6.07) is 0.321. The van der Waals surface area contributed by atoms with Crippen molar-refractivity contribution in [2.24, 2.45) is 11.8 Å². The zero-order valence-corrected chi connectivity index (χ0v) is 8.16. The topological polar surface area (TPSA) is 38.0 Å². The third-order valence-corrected chi connectivity index (χ3v) is 2.39. The van der Waals surface area contributed by atoms with Gasteiger partial charge in [0.1, 0.15) is 0 Å². The minimum absolute atomic E-state index is 0.321. The first-order valence-electron chi connectivity index (χ1n) is 4.75. The molecular weight excluding hydrogens is 160 g/mol. The number of nitrogens with two attached hydrogens (primary N) is 1. The van der Waals surface area contributed by atoms with E-state index in [4.69, 9.17) is 5.84 Å². The second-order valence-corrected chi connectivity index (χ2v) is 3.37. The van der Waals surface area contributed by atoms with Crippen LogP contribution in [0.25, 0.3) is 0 Å². The third kappa shape index (κ3) is 2.83. The number of hydrazine groups is 1. The van der Waals surface area contributed by atoms with E-state index in [1.54, 1.807) is 6.08 Å². The molecule has 0 spiro atoms. The number of hydrogen-bond donors (Lipinski definition) is 2. The van der Waals surface area contributed by atoms with E-state index in [2.05, 4.69) is 24.2 Å². The van der Waals surface area contributed by atoms with Gasteiger partial charge in [0, 0.05) is 6.04 Å². The predicted octanol–water partition coefficient (Wildman–Crippen LogP) is 1.92. The standard InChI is InChI=1S/C11H18N2/c1-3-5-6-9(4-2)11(13-12)10-7-8-10/h3-6,10-11,13H,1,7-8,12H2,2H3/b6-5-,9-4+. The lowest BCUT2D eigenvalue weighted by atomic mass is 10.0. The Balaban J connectivity index is 2.62. The monoisotopic (exact) mass is 178 g/mol. The van der Waals surface area contributed by atoms with Crippen LogP contribution in [0.3, 0.4) is 0 Å². The lowest BCUT2D eigenvalue weighted by Crippen LogP contribution is -2.37. The van der Waals surface area contributed by atoms with Crippen LogP contribution in [0.4, 0.5) is 0 Å². The second-order valence-electron chi connectivity index (χ2n) is 3.37. The molecule has 3 N–H and O–H groups in total. The molecule has 0 heterocycles. The molecule has 1 atom stereocenters. The Kier molecular flexibility index (Phi) is 3.93. The van der Waals surface area contributed by atoms with Crippen LogP contribution >= 0.6 is 0 Å². The van der Waals surface area contributed by atoms with E-state index in [-0.39, 0.29) is 0 Å². The number of rotatable bonds is 5. The Morgan fingerprint density at radius 1 is 1.62 bits per heavy atom. The van der Waals surface area contributed by atoms with Crippen LogP contribution in [-0.2, 0) is 0 Å². The molecule has 0 amide bonds. The van der Waals surface area contributed by atoms with Gasteiger partial charge in [-0.3, -0.25) is 11.3 Å². The van der Waals surface area contributed by atoms with Crippen LogP contribution in [0.2, 0.25) is 0 Å². The molecule has 0 aromatic rings. The first kappa shape index (κ1) is 10.2. The summed E-state index contributed by atoms with van der Waals surface area (Å²) in [4.78, 5) is 0. The highest BCUT2D eigenvalue weighted by atomic mass is 15.2. The molecule has 0 aromatic heterocycles. The van der Waals surface area contributed by atoms with E-state index < -0.39 is 0 Å². The van der Waals surface area contributed by atoms with Crippen molar-refractivity contribution >= 4 is 0 Å². The molecule has 0 radical (unpaired) electrons. The molecule has 2 heteroatoms. The van der Waals surface area contributed by atoms with Crippen molar-refractivity contribution in [1.29, 1.82) is 0 Å². The summed E-state index contributed by atoms with van der Waals surface area (Å²) >= 11 is 0. The highest BCUT2D eigenvalue weighted by Gasteiger charge is 2.31. The van der Waals surface area contributed by atoms with E-state index in [9.17, 15) is 0 Å². The van der Waals surface area contributed by atoms with Crippen LogP contribution in [0, 0.1) is 5.92 Å². The fourth-order valence-corrected chi connectivity index (χ4v) is 1.49. The molecule has 0 aliphatic heterocycles. The van der Waals surface area contributed by atoms with Gasteiger partial charge in [0.15, 0.2) is 0 Å². The van der Waals surface area contributed by atoms with E-state index >= 15 is 0 Å². The van der Waals surface area contributed by atoms with Crippen molar-refractivity contribution in [3.05, 3.63) is 36.5 Å². The van der Waals surface area contributed by atoms with Gasteiger partial charge in [-0.05, 0) is 31.3 Å². The first-order valence-corrected chi connectivity index (χ1v) is 4.75. The molecule has 0 bridgehead atoms. The average Bonchev–Trinajstić information content (AvgIpc) is 2.95. The summed E-state index contributed by atoms with van der Waals surface area (Å²) in [6.45, 7) is 5.68. The lowest BCUT2D eigenvalue weighted by Gasteiger charge is -2.15. The van der Waals surface area contributed by atoms with Gasteiger partial charge >= 0.3 is 0 Å². The van der Waals surface area contributed by atoms with E-state index in [1.807, 2.05) is 13.0 Å². The summed E-state index contributed by atoms with van der Waals surface area (Å²) in [7, 11) is 0. The van der Waals surface area contributed by atoms with Crippen LogP contribution in [0.15, 0.2) is 36.5 Å². The molecule has 0 saturated heterocycles. The average molecular weight is 178 g/mol. The third-order valence-electron chi connectivity index (χ3n) is 2.39. The molecule has 13 heavy (non-hydrogen) atoms. The summed E-state index contributed by atoms with van der Waals surface area (Å²) in [5, 5.41) is 0. The molecule has 1 rings (SSSR count). The maximum atomic E-state index is 5.51. The van der Waals surface area contributed by atoms with Gasteiger partial charge in [0.25, 0.3) is 0 Å². The van der Waals surface area contributed by atoms with Crippen molar-refractivity contribution in [1.82, 2.24) is 5.43 Å². The minimum Gasteiger partial charge on any atom is -0.271 e. The Morgan fingerprint density at radius 3 is 2.69 bits per heavy atom. The van der Waals surface area contributed by atoms with Crippen molar-refractivity contribution in [3.63, 3.8) is 0 Å². The summed E-state index contributed by atoms with van der Waals surface area (Å²) in [5.74, 6) is 6.24. The molecule has 1 unspecified atom stereocenters. The molecule has 0 aromatic carbocycles. The number of hydrogen-bond acceptors (Lipinski definition) is 2.